The summed E-state index contributed by atoms with van der Waals surface area (Å²) in [6.45, 7) is 0.893. The van der Waals surface area contributed by atoms with E-state index in [-0.39, 0.29) is 17.7 Å². The lowest BCUT2D eigenvalue weighted by molar-refractivity contribution is 0.470. The molecule has 2 atom stereocenters. The quantitative estimate of drug-likeness (QED) is 0.909. The number of thiophene rings is 1. The van der Waals surface area contributed by atoms with Gasteiger partial charge in [0.15, 0.2) is 0 Å². The van der Waals surface area contributed by atoms with Gasteiger partial charge < -0.3 is 5.73 Å². The molecule has 1 aliphatic heterocycles. The van der Waals surface area contributed by atoms with E-state index in [0.29, 0.717) is 19.5 Å². The van der Waals surface area contributed by atoms with Gasteiger partial charge in [-0.1, -0.05) is 36.4 Å². The standard InChI is InChI=1S/C16H20N2O2S2/c17-16-12-18(11-15(16)13-5-2-1-3-6-13)22(19,20)10-8-14-7-4-9-21-14/h1-7,9,15-16H,8,10-12,17H2/t15-,16+/m0/s1. The summed E-state index contributed by atoms with van der Waals surface area (Å²) in [4.78, 5) is 1.10. The minimum absolute atomic E-state index is 0.0812. The van der Waals surface area contributed by atoms with E-state index in [1.807, 2.05) is 47.8 Å². The maximum Gasteiger partial charge on any atom is 0.214 e. The Bertz CT molecular complexity index is 699. The Hall–Kier alpha value is -1.21. The summed E-state index contributed by atoms with van der Waals surface area (Å²) < 4.78 is 26.6. The number of nitrogens with zero attached hydrogens (tertiary/aromatic N) is 1. The van der Waals surface area contributed by atoms with Gasteiger partial charge >= 0.3 is 0 Å². The minimum atomic E-state index is -3.25. The van der Waals surface area contributed by atoms with E-state index in [1.54, 1.807) is 15.6 Å². The van der Waals surface area contributed by atoms with Crippen molar-refractivity contribution in [1.82, 2.24) is 4.31 Å². The van der Waals surface area contributed by atoms with Gasteiger partial charge in [0, 0.05) is 29.9 Å². The van der Waals surface area contributed by atoms with Crippen LogP contribution < -0.4 is 5.73 Å². The molecule has 1 saturated heterocycles. The van der Waals surface area contributed by atoms with E-state index in [1.165, 1.54) is 0 Å². The summed E-state index contributed by atoms with van der Waals surface area (Å²) in [5.41, 5.74) is 7.30. The first kappa shape index (κ1) is 15.7. The van der Waals surface area contributed by atoms with Crippen molar-refractivity contribution < 1.29 is 8.42 Å². The number of rotatable bonds is 5. The third kappa shape index (κ3) is 3.41. The number of hydrogen-bond donors (Lipinski definition) is 1. The van der Waals surface area contributed by atoms with Crippen molar-refractivity contribution in [1.29, 1.82) is 0 Å². The zero-order valence-electron chi connectivity index (χ0n) is 12.3. The number of aryl methyl sites for hydroxylation is 1. The van der Waals surface area contributed by atoms with E-state index >= 15 is 0 Å². The van der Waals surface area contributed by atoms with Crippen LogP contribution in [0, 0.1) is 0 Å². The van der Waals surface area contributed by atoms with Crippen LogP contribution in [0.25, 0.3) is 0 Å². The van der Waals surface area contributed by atoms with Gasteiger partial charge in [-0.3, -0.25) is 0 Å². The fourth-order valence-electron chi connectivity index (χ4n) is 2.89. The molecule has 0 radical (unpaired) electrons. The van der Waals surface area contributed by atoms with Gasteiger partial charge in [-0.2, -0.15) is 4.31 Å². The molecule has 4 nitrogen and oxygen atoms in total. The molecule has 1 aliphatic rings. The van der Waals surface area contributed by atoms with Crippen LogP contribution in [-0.4, -0.2) is 37.6 Å². The Labute approximate surface area is 135 Å². The predicted molar refractivity (Wildman–Crippen MR) is 90.5 cm³/mol. The van der Waals surface area contributed by atoms with Crippen molar-refractivity contribution in [2.75, 3.05) is 18.8 Å². The third-order valence-electron chi connectivity index (χ3n) is 4.14. The van der Waals surface area contributed by atoms with Crippen molar-refractivity contribution in [3.63, 3.8) is 0 Å². The molecular formula is C16H20N2O2S2. The zero-order valence-corrected chi connectivity index (χ0v) is 13.9. The Morgan fingerprint density at radius 2 is 1.91 bits per heavy atom. The first-order chi connectivity index (χ1) is 10.6. The minimum Gasteiger partial charge on any atom is -0.326 e. The first-order valence-electron chi connectivity index (χ1n) is 7.37. The van der Waals surface area contributed by atoms with Crippen LogP contribution in [-0.2, 0) is 16.4 Å². The van der Waals surface area contributed by atoms with E-state index in [9.17, 15) is 8.42 Å². The molecule has 0 aliphatic carbocycles. The van der Waals surface area contributed by atoms with Gasteiger partial charge in [-0.15, -0.1) is 11.3 Å². The fourth-order valence-corrected chi connectivity index (χ4v) is 5.25. The zero-order chi connectivity index (χ0) is 15.6. The highest BCUT2D eigenvalue weighted by Gasteiger charge is 2.37. The molecule has 22 heavy (non-hydrogen) atoms. The molecule has 2 aromatic rings. The van der Waals surface area contributed by atoms with Crippen molar-refractivity contribution in [3.05, 3.63) is 58.3 Å². The maximum absolute atomic E-state index is 12.5. The van der Waals surface area contributed by atoms with Crippen LogP contribution in [0.15, 0.2) is 47.8 Å². The second-order valence-electron chi connectivity index (χ2n) is 5.64. The molecule has 0 amide bonds. The Morgan fingerprint density at radius 1 is 1.14 bits per heavy atom. The number of hydrogen-bond acceptors (Lipinski definition) is 4. The van der Waals surface area contributed by atoms with Gasteiger partial charge in [-0.25, -0.2) is 8.42 Å². The average Bonchev–Trinajstić information content (AvgIpc) is 3.16. The van der Waals surface area contributed by atoms with Crippen LogP contribution in [0.2, 0.25) is 0 Å². The lowest BCUT2D eigenvalue weighted by Gasteiger charge is -2.16. The lowest BCUT2D eigenvalue weighted by atomic mass is 9.95. The highest BCUT2D eigenvalue weighted by atomic mass is 32.2. The van der Waals surface area contributed by atoms with Crippen molar-refractivity contribution >= 4 is 21.4 Å². The molecule has 0 spiro atoms. The molecule has 0 bridgehead atoms. The van der Waals surface area contributed by atoms with E-state index in [0.717, 1.165) is 10.4 Å². The topological polar surface area (TPSA) is 63.4 Å². The van der Waals surface area contributed by atoms with Crippen LogP contribution in [0.3, 0.4) is 0 Å². The lowest BCUT2D eigenvalue weighted by Crippen LogP contribution is -2.34. The number of benzene rings is 1. The van der Waals surface area contributed by atoms with Crippen LogP contribution in [0.5, 0.6) is 0 Å². The molecule has 2 heterocycles. The molecule has 0 unspecified atom stereocenters. The summed E-state index contributed by atoms with van der Waals surface area (Å²) in [7, 11) is -3.25. The Kier molecular flexibility index (Phi) is 4.63. The van der Waals surface area contributed by atoms with E-state index in [2.05, 4.69) is 0 Å². The predicted octanol–water partition coefficient (Wildman–Crippen LogP) is 2.05. The number of nitrogens with two attached hydrogens (primary N) is 1. The number of sulfonamides is 1. The van der Waals surface area contributed by atoms with Gasteiger partial charge in [-0.05, 0) is 23.4 Å². The van der Waals surface area contributed by atoms with Crippen molar-refractivity contribution in [3.8, 4) is 0 Å². The second-order valence-corrected chi connectivity index (χ2v) is 8.76. The monoisotopic (exact) mass is 336 g/mol. The molecule has 2 N–H and O–H groups in total. The molecule has 1 aromatic carbocycles. The SMILES string of the molecule is N[C@@H]1CN(S(=O)(=O)CCc2cccs2)C[C@H]1c1ccccc1. The fraction of sp³-hybridized carbons (Fsp3) is 0.375. The maximum atomic E-state index is 12.5. The Balaban J connectivity index is 1.68. The molecule has 1 aromatic heterocycles. The molecule has 1 fully saturated rings. The summed E-state index contributed by atoms with van der Waals surface area (Å²) in [5.74, 6) is 0.236. The van der Waals surface area contributed by atoms with Gasteiger partial charge in [0.25, 0.3) is 0 Å². The van der Waals surface area contributed by atoms with Crippen molar-refractivity contribution in [2.24, 2.45) is 5.73 Å². The van der Waals surface area contributed by atoms with Crippen LogP contribution in [0.4, 0.5) is 0 Å². The molecule has 3 rings (SSSR count). The van der Waals surface area contributed by atoms with Crippen LogP contribution >= 0.6 is 11.3 Å². The first-order valence-corrected chi connectivity index (χ1v) is 9.86. The molecule has 6 heteroatoms. The highest BCUT2D eigenvalue weighted by Crippen LogP contribution is 2.28. The van der Waals surface area contributed by atoms with E-state index in [4.69, 9.17) is 5.73 Å². The largest absolute Gasteiger partial charge is 0.326 e. The van der Waals surface area contributed by atoms with Crippen LogP contribution in [0.1, 0.15) is 16.4 Å². The highest BCUT2D eigenvalue weighted by molar-refractivity contribution is 7.89. The summed E-state index contributed by atoms with van der Waals surface area (Å²) in [5, 5.41) is 1.97. The van der Waals surface area contributed by atoms with Gasteiger partial charge in [0.1, 0.15) is 0 Å². The normalized spacial score (nSPS) is 23.0. The molecule has 118 valence electrons. The second kappa shape index (κ2) is 6.50. The van der Waals surface area contributed by atoms with Gasteiger partial charge in [0.05, 0.1) is 5.75 Å². The smallest absolute Gasteiger partial charge is 0.214 e. The van der Waals surface area contributed by atoms with Gasteiger partial charge in [0.2, 0.25) is 10.0 Å². The Morgan fingerprint density at radius 3 is 2.59 bits per heavy atom. The third-order valence-corrected chi connectivity index (χ3v) is 6.88. The van der Waals surface area contributed by atoms with Crippen molar-refractivity contribution in [2.45, 2.75) is 18.4 Å². The average molecular weight is 336 g/mol. The summed E-state index contributed by atoms with van der Waals surface area (Å²) in [6, 6.07) is 13.7. The summed E-state index contributed by atoms with van der Waals surface area (Å²) >= 11 is 1.60. The molecular weight excluding hydrogens is 316 g/mol. The molecule has 0 saturated carbocycles. The van der Waals surface area contributed by atoms with E-state index < -0.39 is 10.0 Å². The summed E-state index contributed by atoms with van der Waals surface area (Å²) in [6.07, 6.45) is 0.571.